The Kier molecular flexibility index (Phi) is 4.23. The number of benzene rings is 1. The molecule has 22 heavy (non-hydrogen) atoms. The summed E-state index contributed by atoms with van der Waals surface area (Å²) < 4.78 is 25.4. The van der Waals surface area contributed by atoms with Crippen LogP contribution in [-0.2, 0) is 21.2 Å². The highest BCUT2D eigenvalue weighted by Gasteiger charge is 2.52. The Morgan fingerprint density at radius 2 is 2.00 bits per heavy atom. The number of fused-ring (bicyclic) bond motifs is 2. The largest absolute Gasteiger partial charge is 0.354 e. The van der Waals surface area contributed by atoms with E-state index in [1.807, 2.05) is 30.3 Å². The van der Waals surface area contributed by atoms with Crippen LogP contribution in [0.3, 0.4) is 0 Å². The monoisotopic (exact) mass is 322 g/mol. The van der Waals surface area contributed by atoms with Gasteiger partial charge in [0.2, 0.25) is 15.9 Å². The van der Waals surface area contributed by atoms with E-state index < -0.39 is 16.1 Å². The molecule has 1 saturated carbocycles. The molecule has 1 amide bonds. The predicted molar refractivity (Wildman–Crippen MR) is 84.8 cm³/mol. The van der Waals surface area contributed by atoms with Gasteiger partial charge in [-0.25, -0.2) is 8.42 Å². The van der Waals surface area contributed by atoms with Crippen LogP contribution >= 0.6 is 0 Å². The van der Waals surface area contributed by atoms with Gasteiger partial charge in [0.15, 0.2) is 0 Å². The lowest BCUT2D eigenvalue weighted by atomic mass is 9.99. The Morgan fingerprint density at radius 3 is 2.68 bits per heavy atom. The van der Waals surface area contributed by atoms with Crippen molar-refractivity contribution in [1.29, 1.82) is 0 Å². The molecule has 0 radical (unpaired) electrons. The van der Waals surface area contributed by atoms with Gasteiger partial charge in [-0.1, -0.05) is 30.3 Å². The lowest BCUT2D eigenvalue weighted by Gasteiger charge is -2.32. The van der Waals surface area contributed by atoms with Crippen molar-refractivity contribution in [2.24, 2.45) is 5.92 Å². The summed E-state index contributed by atoms with van der Waals surface area (Å²) in [5, 5.41) is 2.91. The summed E-state index contributed by atoms with van der Waals surface area (Å²) in [4.78, 5) is 12.5. The number of sulfonamides is 1. The van der Waals surface area contributed by atoms with Crippen LogP contribution in [-0.4, -0.2) is 43.5 Å². The zero-order valence-electron chi connectivity index (χ0n) is 12.7. The van der Waals surface area contributed by atoms with Crippen LogP contribution in [0.1, 0.15) is 24.8 Å². The molecule has 0 spiro atoms. The zero-order valence-corrected chi connectivity index (χ0v) is 13.6. The normalized spacial score (nSPS) is 28.0. The van der Waals surface area contributed by atoms with Crippen LogP contribution in [0.5, 0.6) is 0 Å². The Balaban J connectivity index is 1.62. The molecule has 1 aliphatic heterocycles. The van der Waals surface area contributed by atoms with Crippen molar-refractivity contribution in [2.75, 3.05) is 12.8 Å². The molecule has 2 fully saturated rings. The van der Waals surface area contributed by atoms with Crippen molar-refractivity contribution in [2.45, 2.75) is 37.8 Å². The number of nitrogens with zero attached hydrogens (tertiary/aromatic N) is 1. The smallest absolute Gasteiger partial charge is 0.238 e. The second kappa shape index (κ2) is 6.01. The van der Waals surface area contributed by atoms with E-state index in [9.17, 15) is 13.2 Å². The summed E-state index contributed by atoms with van der Waals surface area (Å²) in [6, 6.07) is 9.45. The van der Waals surface area contributed by atoms with Gasteiger partial charge in [0.25, 0.3) is 0 Å². The molecule has 1 N–H and O–H groups in total. The number of carbonyl (C=O) groups excluding carboxylic acids is 1. The van der Waals surface area contributed by atoms with E-state index in [1.165, 1.54) is 10.6 Å². The number of amides is 1. The third kappa shape index (κ3) is 3.03. The second-order valence-electron chi connectivity index (χ2n) is 6.29. The van der Waals surface area contributed by atoms with Crippen molar-refractivity contribution >= 4 is 15.9 Å². The topological polar surface area (TPSA) is 66.5 Å². The first kappa shape index (κ1) is 15.5. The van der Waals surface area contributed by atoms with Gasteiger partial charge >= 0.3 is 0 Å². The Hall–Kier alpha value is -1.40. The zero-order chi connectivity index (χ0) is 15.7. The molecule has 1 saturated heterocycles. The third-order valence-electron chi connectivity index (χ3n) is 4.73. The maximum absolute atomic E-state index is 12.5. The summed E-state index contributed by atoms with van der Waals surface area (Å²) >= 11 is 0. The molecule has 1 aromatic carbocycles. The van der Waals surface area contributed by atoms with E-state index in [0.29, 0.717) is 6.54 Å². The van der Waals surface area contributed by atoms with Gasteiger partial charge in [-0.05, 0) is 37.2 Å². The van der Waals surface area contributed by atoms with Crippen LogP contribution < -0.4 is 5.32 Å². The molecule has 1 heterocycles. The van der Waals surface area contributed by atoms with Gasteiger partial charge in [-0.3, -0.25) is 4.79 Å². The average Bonchev–Trinajstić information content (AvgIpc) is 3.08. The van der Waals surface area contributed by atoms with Crippen molar-refractivity contribution < 1.29 is 13.2 Å². The highest BCUT2D eigenvalue weighted by molar-refractivity contribution is 7.88. The average molecular weight is 322 g/mol. The van der Waals surface area contributed by atoms with Crippen LogP contribution in [0.15, 0.2) is 30.3 Å². The van der Waals surface area contributed by atoms with E-state index in [-0.39, 0.29) is 17.9 Å². The molecule has 1 aromatic rings. The van der Waals surface area contributed by atoms with Crippen molar-refractivity contribution in [3.8, 4) is 0 Å². The minimum atomic E-state index is -3.33. The molecule has 1 aliphatic carbocycles. The fourth-order valence-electron chi connectivity index (χ4n) is 3.83. The van der Waals surface area contributed by atoms with Crippen molar-refractivity contribution in [3.63, 3.8) is 0 Å². The second-order valence-corrected chi connectivity index (χ2v) is 8.18. The van der Waals surface area contributed by atoms with E-state index in [4.69, 9.17) is 0 Å². The SMILES string of the molecule is CS(=O)(=O)N1[C@H]2CC[C@@H](C2)[C@H]1C(=O)NCCc1ccccc1. The van der Waals surface area contributed by atoms with Gasteiger partial charge in [-0.2, -0.15) is 4.31 Å². The van der Waals surface area contributed by atoms with Crippen LogP contribution in [0.4, 0.5) is 0 Å². The quantitative estimate of drug-likeness (QED) is 0.884. The Bertz CT molecular complexity index is 645. The highest BCUT2D eigenvalue weighted by Crippen LogP contribution is 2.43. The number of piperidine rings is 1. The predicted octanol–water partition coefficient (Wildman–Crippen LogP) is 1.16. The van der Waals surface area contributed by atoms with E-state index in [1.54, 1.807) is 0 Å². The molecule has 2 aliphatic rings. The van der Waals surface area contributed by atoms with Crippen molar-refractivity contribution in [3.05, 3.63) is 35.9 Å². The number of nitrogens with one attached hydrogen (secondary N) is 1. The fraction of sp³-hybridized carbons (Fsp3) is 0.562. The van der Waals surface area contributed by atoms with Gasteiger partial charge < -0.3 is 5.32 Å². The third-order valence-corrected chi connectivity index (χ3v) is 6.02. The fourth-order valence-corrected chi connectivity index (χ4v) is 5.24. The molecular formula is C16H22N2O3S. The molecule has 5 nitrogen and oxygen atoms in total. The van der Waals surface area contributed by atoms with Gasteiger partial charge in [-0.15, -0.1) is 0 Å². The number of hydrogen-bond donors (Lipinski definition) is 1. The van der Waals surface area contributed by atoms with E-state index in [0.717, 1.165) is 31.2 Å². The molecular weight excluding hydrogens is 300 g/mol. The Labute approximate surface area is 131 Å². The molecule has 120 valence electrons. The maximum atomic E-state index is 12.5. The highest BCUT2D eigenvalue weighted by atomic mass is 32.2. The molecule has 6 heteroatoms. The molecule has 0 aromatic heterocycles. The van der Waals surface area contributed by atoms with Gasteiger partial charge in [0.05, 0.1) is 6.26 Å². The summed E-state index contributed by atoms with van der Waals surface area (Å²) in [6.07, 6.45) is 4.62. The minimum absolute atomic E-state index is 0.0184. The number of hydrogen-bond acceptors (Lipinski definition) is 3. The summed E-state index contributed by atoms with van der Waals surface area (Å²) in [6.45, 7) is 0.536. The van der Waals surface area contributed by atoms with Crippen LogP contribution in [0.2, 0.25) is 0 Å². The first-order valence-electron chi connectivity index (χ1n) is 7.77. The Morgan fingerprint density at radius 1 is 1.27 bits per heavy atom. The molecule has 3 rings (SSSR count). The maximum Gasteiger partial charge on any atom is 0.238 e. The van der Waals surface area contributed by atoms with Crippen LogP contribution in [0.25, 0.3) is 0 Å². The number of carbonyl (C=O) groups is 1. The van der Waals surface area contributed by atoms with E-state index in [2.05, 4.69) is 5.32 Å². The summed E-state index contributed by atoms with van der Waals surface area (Å²) in [5.41, 5.74) is 1.16. The molecule has 3 atom stereocenters. The molecule has 0 unspecified atom stereocenters. The standard InChI is InChI=1S/C16H22N2O3S/c1-22(20,21)18-14-8-7-13(11-14)15(18)16(19)17-10-9-12-5-3-2-4-6-12/h2-6,13-15H,7-11H2,1H3,(H,17,19)/t13-,14-,15-/m0/s1. The summed E-state index contributed by atoms with van der Waals surface area (Å²) in [5.74, 6) is 0.0324. The lowest BCUT2D eigenvalue weighted by molar-refractivity contribution is -0.126. The van der Waals surface area contributed by atoms with Gasteiger partial charge in [0, 0.05) is 12.6 Å². The van der Waals surface area contributed by atoms with Gasteiger partial charge in [0.1, 0.15) is 6.04 Å². The van der Waals surface area contributed by atoms with Crippen molar-refractivity contribution in [1.82, 2.24) is 9.62 Å². The van der Waals surface area contributed by atoms with E-state index >= 15 is 0 Å². The lowest BCUT2D eigenvalue weighted by Crippen LogP contribution is -2.52. The first-order valence-corrected chi connectivity index (χ1v) is 9.62. The first-order chi connectivity index (χ1) is 10.5. The molecule has 2 bridgehead atoms. The van der Waals surface area contributed by atoms with Crippen LogP contribution in [0, 0.1) is 5.92 Å². The summed E-state index contributed by atoms with van der Waals surface area (Å²) in [7, 11) is -3.33. The number of rotatable bonds is 5. The minimum Gasteiger partial charge on any atom is -0.354 e.